The minimum atomic E-state index is -0.118. The molecule has 21 heavy (non-hydrogen) atoms. The van der Waals surface area contributed by atoms with Gasteiger partial charge in [-0.1, -0.05) is 27.7 Å². The van der Waals surface area contributed by atoms with Gasteiger partial charge in [-0.05, 0) is 49.4 Å². The Balaban J connectivity index is 2.35. The molecule has 0 amide bonds. The highest BCUT2D eigenvalue weighted by Crippen LogP contribution is 2.31. The lowest BCUT2D eigenvalue weighted by Gasteiger charge is -2.50. The number of benzene rings is 1. The molecule has 0 aliphatic carbocycles. The lowest BCUT2D eigenvalue weighted by Crippen LogP contribution is -2.65. The summed E-state index contributed by atoms with van der Waals surface area (Å²) < 4.78 is 13.6. The van der Waals surface area contributed by atoms with E-state index in [9.17, 15) is 4.39 Å². The van der Waals surface area contributed by atoms with Crippen molar-refractivity contribution in [3.63, 3.8) is 0 Å². The summed E-state index contributed by atoms with van der Waals surface area (Å²) in [5, 5.41) is 3.77. The predicted octanol–water partition coefficient (Wildman–Crippen LogP) is 4.13. The number of piperazine rings is 1. The molecule has 1 aromatic rings. The van der Waals surface area contributed by atoms with Crippen LogP contribution in [0.4, 0.5) is 10.1 Å². The summed E-state index contributed by atoms with van der Waals surface area (Å²) in [7, 11) is 0. The van der Waals surface area contributed by atoms with Crippen molar-refractivity contribution in [1.82, 2.24) is 5.32 Å². The SMILES string of the molecule is CCC1(CC)CN(c2ccc(F)c(C)c2)C(C(C)C)CN1. The molecule has 1 N–H and O–H groups in total. The molecule has 0 radical (unpaired) electrons. The van der Waals surface area contributed by atoms with Crippen LogP contribution >= 0.6 is 0 Å². The zero-order valence-corrected chi connectivity index (χ0v) is 14.0. The molecule has 1 heterocycles. The maximum atomic E-state index is 13.6. The van der Waals surface area contributed by atoms with Crippen LogP contribution in [-0.4, -0.2) is 24.7 Å². The molecule has 2 rings (SSSR count). The Morgan fingerprint density at radius 2 is 2.00 bits per heavy atom. The van der Waals surface area contributed by atoms with Gasteiger partial charge in [-0.25, -0.2) is 4.39 Å². The topological polar surface area (TPSA) is 15.3 Å². The van der Waals surface area contributed by atoms with Crippen LogP contribution < -0.4 is 10.2 Å². The summed E-state index contributed by atoms with van der Waals surface area (Å²) >= 11 is 0. The van der Waals surface area contributed by atoms with Gasteiger partial charge in [0.1, 0.15) is 5.82 Å². The van der Waals surface area contributed by atoms with E-state index in [1.54, 1.807) is 6.07 Å². The Morgan fingerprint density at radius 1 is 1.33 bits per heavy atom. The Kier molecular flexibility index (Phi) is 4.92. The Labute approximate surface area is 128 Å². The van der Waals surface area contributed by atoms with Crippen molar-refractivity contribution >= 4 is 5.69 Å². The highest BCUT2D eigenvalue weighted by atomic mass is 19.1. The number of rotatable bonds is 4. The third-order valence-corrected chi connectivity index (χ3v) is 5.16. The lowest BCUT2D eigenvalue weighted by atomic mass is 9.86. The van der Waals surface area contributed by atoms with Crippen LogP contribution in [0.15, 0.2) is 18.2 Å². The van der Waals surface area contributed by atoms with Crippen LogP contribution in [0.5, 0.6) is 0 Å². The standard InChI is InChI=1S/C18H29FN2/c1-6-18(7-2)12-21(17(11-20-18)13(3)4)15-8-9-16(19)14(5)10-15/h8-10,13,17,20H,6-7,11-12H2,1-5H3. The largest absolute Gasteiger partial charge is 0.365 e. The summed E-state index contributed by atoms with van der Waals surface area (Å²) in [6.45, 7) is 12.9. The first-order chi connectivity index (χ1) is 9.92. The number of hydrogen-bond donors (Lipinski definition) is 1. The fourth-order valence-electron chi connectivity index (χ4n) is 3.34. The monoisotopic (exact) mass is 292 g/mol. The number of aryl methyl sites for hydroxylation is 1. The second kappa shape index (κ2) is 6.35. The minimum absolute atomic E-state index is 0.118. The molecular weight excluding hydrogens is 263 g/mol. The van der Waals surface area contributed by atoms with E-state index in [1.165, 1.54) is 0 Å². The normalized spacial score (nSPS) is 21.9. The first-order valence-electron chi connectivity index (χ1n) is 8.20. The van der Waals surface area contributed by atoms with E-state index in [4.69, 9.17) is 0 Å². The number of hydrogen-bond acceptors (Lipinski definition) is 2. The van der Waals surface area contributed by atoms with E-state index in [2.05, 4.69) is 37.9 Å². The molecule has 2 nitrogen and oxygen atoms in total. The van der Waals surface area contributed by atoms with Crippen LogP contribution in [0.3, 0.4) is 0 Å². The van der Waals surface area contributed by atoms with Crippen molar-refractivity contribution in [2.24, 2.45) is 5.92 Å². The molecule has 1 aliphatic rings. The highest BCUT2D eigenvalue weighted by Gasteiger charge is 2.37. The molecule has 1 atom stereocenters. The number of nitrogens with zero attached hydrogens (tertiary/aromatic N) is 1. The van der Waals surface area contributed by atoms with E-state index in [0.717, 1.165) is 37.2 Å². The highest BCUT2D eigenvalue weighted by molar-refractivity contribution is 5.51. The van der Waals surface area contributed by atoms with E-state index in [1.807, 2.05) is 19.1 Å². The van der Waals surface area contributed by atoms with Gasteiger partial charge in [0, 0.05) is 30.4 Å². The maximum Gasteiger partial charge on any atom is 0.126 e. The molecule has 1 fully saturated rings. The molecule has 0 aromatic heterocycles. The predicted molar refractivity (Wildman–Crippen MR) is 88.4 cm³/mol. The Morgan fingerprint density at radius 3 is 2.52 bits per heavy atom. The average Bonchev–Trinajstić information content (AvgIpc) is 2.49. The third-order valence-electron chi connectivity index (χ3n) is 5.16. The molecule has 118 valence electrons. The molecule has 1 saturated heterocycles. The first kappa shape index (κ1) is 16.3. The summed E-state index contributed by atoms with van der Waals surface area (Å²) in [6, 6.07) is 5.98. The van der Waals surface area contributed by atoms with Gasteiger partial charge in [-0.3, -0.25) is 0 Å². The Bertz CT molecular complexity index is 480. The van der Waals surface area contributed by atoms with Gasteiger partial charge in [-0.2, -0.15) is 0 Å². The first-order valence-corrected chi connectivity index (χ1v) is 8.20. The molecule has 1 aliphatic heterocycles. The number of nitrogens with one attached hydrogen (secondary N) is 1. The van der Waals surface area contributed by atoms with Crippen molar-refractivity contribution in [3.8, 4) is 0 Å². The summed E-state index contributed by atoms with van der Waals surface area (Å²) in [4.78, 5) is 2.49. The number of halogens is 1. The fraction of sp³-hybridized carbons (Fsp3) is 0.667. The third kappa shape index (κ3) is 3.23. The van der Waals surface area contributed by atoms with Crippen molar-refractivity contribution in [2.45, 2.75) is 59.0 Å². The van der Waals surface area contributed by atoms with Gasteiger partial charge in [0.25, 0.3) is 0 Å². The van der Waals surface area contributed by atoms with E-state index >= 15 is 0 Å². The van der Waals surface area contributed by atoms with Crippen LogP contribution in [0.25, 0.3) is 0 Å². The molecule has 3 heteroatoms. The molecule has 1 unspecified atom stereocenters. The summed E-state index contributed by atoms with van der Waals surface area (Å²) in [6.07, 6.45) is 2.23. The maximum absolute atomic E-state index is 13.6. The second-order valence-electron chi connectivity index (χ2n) is 6.74. The van der Waals surface area contributed by atoms with E-state index < -0.39 is 0 Å². The van der Waals surface area contributed by atoms with Crippen molar-refractivity contribution < 1.29 is 4.39 Å². The van der Waals surface area contributed by atoms with Crippen molar-refractivity contribution in [1.29, 1.82) is 0 Å². The van der Waals surface area contributed by atoms with Crippen LogP contribution in [0.2, 0.25) is 0 Å². The molecular formula is C18H29FN2. The van der Waals surface area contributed by atoms with Crippen LogP contribution in [-0.2, 0) is 0 Å². The Hall–Kier alpha value is -1.09. The average molecular weight is 292 g/mol. The van der Waals surface area contributed by atoms with Crippen molar-refractivity contribution in [2.75, 3.05) is 18.0 Å². The number of anilines is 1. The van der Waals surface area contributed by atoms with Crippen molar-refractivity contribution in [3.05, 3.63) is 29.6 Å². The molecule has 0 spiro atoms. The van der Waals surface area contributed by atoms with E-state index in [0.29, 0.717) is 12.0 Å². The zero-order valence-electron chi connectivity index (χ0n) is 14.0. The lowest BCUT2D eigenvalue weighted by molar-refractivity contribution is 0.227. The fourth-order valence-corrected chi connectivity index (χ4v) is 3.34. The minimum Gasteiger partial charge on any atom is -0.365 e. The van der Waals surface area contributed by atoms with Gasteiger partial charge >= 0.3 is 0 Å². The zero-order chi connectivity index (χ0) is 15.6. The quantitative estimate of drug-likeness (QED) is 0.897. The van der Waals surface area contributed by atoms with Gasteiger partial charge < -0.3 is 10.2 Å². The van der Waals surface area contributed by atoms with Gasteiger partial charge in [0.2, 0.25) is 0 Å². The van der Waals surface area contributed by atoms with Crippen LogP contribution in [0.1, 0.15) is 46.1 Å². The summed E-state index contributed by atoms with van der Waals surface area (Å²) in [5.74, 6) is 0.446. The van der Waals surface area contributed by atoms with Gasteiger partial charge in [-0.15, -0.1) is 0 Å². The summed E-state index contributed by atoms with van der Waals surface area (Å²) in [5.41, 5.74) is 2.06. The molecule has 0 saturated carbocycles. The smallest absolute Gasteiger partial charge is 0.126 e. The van der Waals surface area contributed by atoms with Crippen LogP contribution in [0, 0.1) is 18.7 Å². The molecule has 0 bridgehead atoms. The molecule has 1 aromatic carbocycles. The van der Waals surface area contributed by atoms with E-state index in [-0.39, 0.29) is 11.4 Å². The second-order valence-corrected chi connectivity index (χ2v) is 6.74. The van der Waals surface area contributed by atoms with Gasteiger partial charge in [0.15, 0.2) is 0 Å². The van der Waals surface area contributed by atoms with Gasteiger partial charge in [0.05, 0.1) is 0 Å².